The smallest absolute Gasteiger partial charge is 0.101 e. The number of anilines is 2. The summed E-state index contributed by atoms with van der Waals surface area (Å²) in [5.74, 6) is 0. The molecule has 0 atom stereocenters. The lowest BCUT2D eigenvalue weighted by Crippen LogP contribution is -2.37. The highest BCUT2D eigenvalue weighted by atomic mass is 16.5. The van der Waals surface area contributed by atoms with E-state index in [9.17, 15) is 0 Å². The summed E-state index contributed by atoms with van der Waals surface area (Å²) in [6, 6.07) is 8.18. The van der Waals surface area contributed by atoms with Crippen molar-refractivity contribution in [2.24, 2.45) is 0 Å². The fraction of sp³-hybridized carbons (Fsp3) is 0.533. The van der Waals surface area contributed by atoms with Crippen LogP contribution in [0.1, 0.15) is 32.3 Å². The molecule has 4 heteroatoms. The van der Waals surface area contributed by atoms with Crippen LogP contribution >= 0.6 is 0 Å². The maximum absolute atomic E-state index is 8.93. The summed E-state index contributed by atoms with van der Waals surface area (Å²) in [6.07, 6.45) is 2.14. The Labute approximate surface area is 115 Å². The molecule has 0 saturated heterocycles. The molecule has 0 aromatic heterocycles. The molecule has 1 rings (SSSR count). The third kappa shape index (κ3) is 3.87. The van der Waals surface area contributed by atoms with Gasteiger partial charge in [-0.25, -0.2) is 0 Å². The summed E-state index contributed by atoms with van der Waals surface area (Å²) < 4.78 is 5.18. The molecule has 0 saturated carbocycles. The molecule has 0 aliphatic rings. The summed E-state index contributed by atoms with van der Waals surface area (Å²) in [5.41, 5.74) is 8.02. The average Bonchev–Trinajstić information content (AvgIpc) is 2.43. The molecule has 0 spiro atoms. The third-order valence-electron chi connectivity index (χ3n) is 3.41. The van der Waals surface area contributed by atoms with E-state index in [1.54, 1.807) is 13.2 Å². The number of nitrogens with zero attached hydrogens (tertiary/aromatic N) is 2. The number of rotatable bonds is 7. The second-order valence-corrected chi connectivity index (χ2v) is 4.54. The number of nitrogen functional groups attached to an aromatic ring is 1. The minimum atomic E-state index is 0.461. The molecular formula is C15H23N3O. The molecule has 0 unspecified atom stereocenters. The molecule has 0 radical (unpaired) electrons. The number of benzene rings is 1. The van der Waals surface area contributed by atoms with Crippen molar-refractivity contribution >= 4 is 11.4 Å². The van der Waals surface area contributed by atoms with E-state index in [1.807, 2.05) is 12.1 Å². The van der Waals surface area contributed by atoms with Gasteiger partial charge < -0.3 is 15.4 Å². The van der Waals surface area contributed by atoms with E-state index in [-0.39, 0.29) is 0 Å². The van der Waals surface area contributed by atoms with Crippen LogP contribution in [0.5, 0.6) is 0 Å². The number of nitrogens with two attached hydrogens (primary N) is 1. The second-order valence-electron chi connectivity index (χ2n) is 4.54. The first-order valence-corrected chi connectivity index (χ1v) is 6.73. The normalized spacial score (nSPS) is 10.5. The van der Waals surface area contributed by atoms with Gasteiger partial charge in [0.1, 0.15) is 6.07 Å². The zero-order valence-corrected chi connectivity index (χ0v) is 12.0. The van der Waals surface area contributed by atoms with Crippen LogP contribution in [-0.2, 0) is 4.74 Å². The van der Waals surface area contributed by atoms with Gasteiger partial charge in [-0.1, -0.05) is 13.8 Å². The zero-order chi connectivity index (χ0) is 14.3. The average molecular weight is 261 g/mol. The Morgan fingerprint density at radius 1 is 1.37 bits per heavy atom. The van der Waals surface area contributed by atoms with Crippen molar-refractivity contribution in [3.63, 3.8) is 0 Å². The maximum Gasteiger partial charge on any atom is 0.101 e. The minimum absolute atomic E-state index is 0.461. The van der Waals surface area contributed by atoms with Crippen molar-refractivity contribution in [2.75, 3.05) is 30.9 Å². The number of hydrogen-bond acceptors (Lipinski definition) is 4. The molecule has 2 N–H and O–H groups in total. The molecule has 19 heavy (non-hydrogen) atoms. The van der Waals surface area contributed by atoms with Crippen LogP contribution in [0.3, 0.4) is 0 Å². The van der Waals surface area contributed by atoms with Crippen LogP contribution in [0, 0.1) is 11.3 Å². The van der Waals surface area contributed by atoms with Crippen LogP contribution in [0.15, 0.2) is 18.2 Å². The van der Waals surface area contributed by atoms with Crippen LogP contribution in [0.4, 0.5) is 11.4 Å². The summed E-state index contributed by atoms with van der Waals surface area (Å²) in [6.45, 7) is 5.87. The van der Waals surface area contributed by atoms with E-state index in [2.05, 4.69) is 24.8 Å². The lowest BCUT2D eigenvalue weighted by Gasteiger charge is -2.32. The number of ether oxygens (including phenoxy) is 1. The molecule has 0 bridgehead atoms. The van der Waals surface area contributed by atoms with Gasteiger partial charge in [0.2, 0.25) is 0 Å². The van der Waals surface area contributed by atoms with Gasteiger partial charge in [0.05, 0.1) is 17.9 Å². The summed E-state index contributed by atoms with van der Waals surface area (Å²) in [5, 5.41) is 8.93. The van der Waals surface area contributed by atoms with Crippen molar-refractivity contribution < 1.29 is 4.74 Å². The lowest BCUT2D eigenvalue weighted by atomic mass is 10.1. The Morgan fingerprint density at radius 2 is 2.05 bits per heavy atom. The predicted octanol–water partition coefficient (Wildman–Crippen LogP) is 2.78. The van der Waals surface area contributed by atoms with Crippen molar-refractivity contribution in [1.29, 1.82) is 5.26 Å². The predicted molar refractivity (Wildman–Crippen MR) is 79.2 cm³/mol. The standard InChI is InChI=1S/C15H23N3O/c1-4-13(5-2)18(8-9-19-3)14-7-6-12(11-16)15(17)10-14/h6-7,10,13H,4-5,8-9,17H2,1-3H3. The maximum atomic E-state index is 8.93. The van der Waals surface area contributed by atoms with Crippen LogP contribution in [0.2, 0.25) is 0 Å². The number of methoxy groups -OCH3 is 1. The van der Waals surface area contributed by atoms with E-state index in [4.69, 9.17) is 15.7 Å². The van der Waals surface area contributed by atoms with Crippen LogP contribution in [0.25, 0.3) is 0 Å². The first-order valence-electron chi connectivity index (χ1n) is 6.73. The Morgan fingerprint density at radius 3 is 2.53 bits per heavy atom. The van der Waals surface area contributed by atoms with Gasteiger partial charge >= 0.3 is 0 Å². The first kappa shape index (κ1) is 15.3. The first-order chi connectivity index (χ1) is 9.17. The largest absolute Gasteiger partial charge is 0.398 e. The molecule has 0 heterocycles. The van der Waals surface area contributed by atoms with E-state index < -0.39 is 0 Å². The van der Waals surface area contributed by atoms with Gasteiger partial charge in [-0.2, -0.15) is 5.26 Å². The van der Waals surface area contributed by atoms with Gasteiger partial charge in [-0.15, -0.1) is 0 Å². The molecule has 0 aliphatic heterocycles. The van der Waals surface area contributed by atoms with Gasteiger partial charge in [0.25, 0.3) is 0 Å². The van der Waals surface area contributed by atoms with E-state index in [1.165, 1.54) is 0 Å². The van der Waals surface area contributed by atoms with Crippen LogP contribution in [-0.4, -0.2) is 26.3 Å². The van der Waals surface area contributed by atoms with Crippen molar-refractivity contribution in [2.45, 2.75) is 32.7 Å². The van der Waals surface area contributed by atoms with E-state index in [0.29, 0.717) is 23.9 Å². The monoisotopic (exact) mass is 261 g/mol. The van der Waals surface area contributed by atoms with E-state index >= 15 is 0 Å². The van der Waals surface area contributed by atoms with Gasteiger partial charge in [-0.3, -0.25) is 0 Å². The molecule has 4 nitrogen and oxygen atoms in total. The zero-order valence-electron chi connectivity index (χ0n) is 12.0. The second kappa shape index (κ2) is 7.65. The third-order valence-corrected chi connectivity index (χ3v) is 3.41. The van der Waals surface area contributed by atoms with Crippen LogP contribution < -0.4 is 10.6 Å². The SMILES string of the molecule is CCC(CC)N(CCOC)c1ccc(C#N)c(N)c1. The Kier molecular flexibility index (Phi) is 6.17. The van der Waals surface area contributed by atoms with Crippen molar-refractivity contribution in [1.82, 2.24) is 0 Å². The highest BCUT2D eigenvalue weighted by Crippen LogP contribution is 2.24. The van der Waals surface area contributed by atoms with Crippen molar-refractivity contribution in [3.8, 4) is 6.07 Å². The van der Waals surface area contributed by atoms with Crippen molar-refractivity contribution in [3.05, 3.63) is 23.8 Å². The Bertz CT molecular complexity index is 436. The molecule has 0 aliphatic carbocycles. The van der Waals surface area contributed by atoms with Gasteiger partial charge in [0.15, 0.2) is 0 Å². The highest BCUT2D eigenvalue weighted by molar-refractivity contribution is 5.64. The molecule has 104 valence electrons. The molecule has 1 aromatic rings. The summed E-state index contributed by atoms with van der Waals surface area (Å²) in [4.78, 5) is 2.31. The van der Waals surface area contributed by atoms with Gasteiger partial charge in [0, 0.05) is 25.4 Å². The number of nitriles is 1. The highest BCUT2D eigenvalue weighted by Gasteiger charge is 2.16. The number of hydrogen-bond donors (Lipinski definition) is 1. The molecule has 0 amide bonds. The molecule has 1 aromatic carbocycles. The lowest BCUT2D eigenvalue weighted by molar-refractivity contribution is 0.202. The van der Waals surface area contributed by atoms with Gasteiger partial charge in [-0.05, 0) is 31.0 Å². The Balaban J connectivity index is 3.03. The summed E-state index contributed by atoms with van der Waals surface area (Å²) >= 11 is 0. The summed E-state index contributed by atoms with van der Waals surface area (Å²) in [7, 11) is 1.71. The molecular weight excluding hydrogens is 238 g/mol. The Hall–Kier alpha value is -1.73. The fourth-order valence-corrected chi connectivity index (χ4v) is 2.27. The molecule has 0 fully saturated rings. The minimum Gasteiger partial charge on any atom is -0.398 e. The fourth-order valence-electron chi connectivity index (χ4n) is 2.27. The topological polar surface area (TPSA) is 62.3 Å². The van der Waals surface area contributed by atoms with E-state index in [0.717, 1.165) is 25.1 Å². The quantitative estimate of drug-likeness (QED) is 0.767.